The predicted molar refractivity (Wildman–Crippen MR) is 58.6 cm³/mol. The SMILES string of the molecule is O=C(O)CONC(=O)c1cc(Cl)c2c(c1)OCO2. The van der Waals surface area contributed by atoms with Crippen LogP contribution in [0.25, 0.3) is 0 Å². The maximum atomic E-state index is 11.6. The standard InChI is InChI=1S/C10H8ClNO6/c11-6-1-5(2-7-9(6)17-4-16-7)10(15)12-18-3-8(13)14/h1-2H,3-4H2,(H,12,15)(H,13,14). The topological polar surface area (TPSA) is 94.1 Å². The van der Waals surface area contributed by atoms with Gasteiger partial charge in [0.1, 0.15) is 0 Å². The number of carboxylic acids is 1. The second-order valence-corrected chi connectivity index (χ2v) is 3.71. The number of carboxylic acid groups (broad SMARTS) is 1. The first kappa shape index (κ1) is 12.5. The molecule has 1 amide bonds. The second kappa shape index (κ2) is 5.11. The number of benzene rings is 1. The number of hydrogen-bond acceptors (Lipinski definition) is 5. The van der Waals surface area contributed by atoms with Crippen LogP contribution in [0.15, 0.2) is 12.1 Å². The van der Waals surface area contributed by atoms with Crippen molar-refractivity contribution >= 4 is 23.5 Å². The van der Waals surface area contributed by atoms with Crippen molar-refractivity contribution < 1.29 is 29.0 Å². The lowest BCUT2D eigenvalue weighted by Gasteiger charge is -2.06. The van der Waals surface area contributed by atoms with E-state index >= 15 is 0 Å². The lowest BCUT2D eigenvalue weighted by Crippen LogP contribution is -2.26. The number of ether oxygens (including phenoxy) is 2. The number of nitrogens with one attached hydrogen (secondary N) is 1. The first-order chi connectivity index (χ1) is 8.58. The molecule has 1 heterocycles. The van der Waals surface area contributed by atoms with Crippen LogP contribution in [0.1, 0.15) is 10.4 Å². The molecule has 0 aliphatic carbocycles. The Labute approximate surface area is 106 Å². The fourth-order valence-electron chi connectivity index (χ4n) is 1.32. The normalized spacial score (nSPS) is 12.3. The second-order valence-electron chi connectivity index (χ2n) is 3.31. The average Bonchev–Trinajstić information content (AvgIpc) is 2.76. The van der Waals surface area contributed by atoms with Gasteiger partial charge >= 0.3 is 5.97 Å². The Morgan fingerprint density at radius 1 is 1.44 bits per heavy atom. The maximum Gasteiger partial charge on any atom is 0.332 e. The Bertz CT molecular complexity index is 503. The van der Waals surface area contributed by atoms with E-state index in [4.69, 9.17) is 26.2 Å². The largest absolute Gasteiger partial charge is 0.479 e. The molecule has 0 bridgehead atoms. The van der Waals surface area contributed by atoms with Gasteiger partial charge in [-0.05, 0) is 12.1 Å². The van der Waals surface area contributed by atoms with Crippen molar-refractivity contribution in [2.75, 3.05) is 13.4 Å². The van der Waals surface area contributed by atoms with Crippen molar-refractivity contribution in [2.24, 2.45) is 0 Å². The third-order valence-electron chi connectivity index (χ3n) is 2.05. The first-order valence-corrected chi connectivity index (χ1v) is 5.19. The Hall–Kier alpha value is -1.99. The molecule has 1 aliphatic heterocycles. The summed E-state index contributed by atoms with van der Waals surface area (Å²) in [6, 6.07) is 2.79. The fourth-order valence-corrected chi connectivity index (χ4v) is 1.59. The minimum absolute atomic E-state index is 0.0373. The van der Waals surface area contributed by atoms with Gasteiger partial charge in [-0.25, -0.2) is 10.3 Å². The maximum absolute atomic E-state index is 11.6. The zero-order chi connectivity index (χ0) is 13.1. The van der Waals surface area contributed by atoms with E-state index in [1.807, 2.05) is 5.48 Å². The van der Waals surface area contributed by atoms with Gasteiger partial charge in [-0.3, -0.25) is 9.63 Å². The molecule has 0 saturated heterocycles. The molecule has 0 aromatic heterocycles. The zero-order valence-corrected chi connectivity index (χ0v) is 9.69. The average molecular weight is 274 g/mol. The molecule has 1 aromatic rings. The number of hydrogen-bond donors (Lipinski definition) is 2. The lowest BCUT2D eigenvalue weighted by molar-refractivity contribution is -0.144. The van der Waals surface area contributed by atoms with E-state index in [0.717, 1.165) is 0 Å². The van der Waals surface area contributed by atoms with Crippen LogP contribution >= 0.6 is 11.6 Å². The van der Waals surface area contributed by atoms with Crippen molar-refractivity contribution in [1.82, 2.24) is 5.48 Å². The summed E-state index contributed by atoms with van der Waals surface area (Å²) in [5.41, 5.74) is 2.15. The van der Waals surface area contributed by atoms with Gasteiger partial charge in [0.2, 0.25) is 6.79 Å². The molecule has 8 heteroatoms. The van der Waals surface area contributed by atoms with Crippen molar-refractivity contribution in [3.8, 4) is 11.5 Å². The molecular weight excluding hydrogens is 266 g/mol. The van der Waals surface area contributed by atoms with Gasteiger partial charge in [0.05, 0.1) is 5.02 Å². The van der Waals surface area contributed by atoms with Gasteiger partial charge in [-0.2, -0.15) is 0 Å². The van der Waals surface area contributed by atoms with Crippen molar-refractivity contribution in [3.63, 3.8) is 0 Å². The summed E-state index contributed by atoms with van der Waals surface area (Å²) in [7, 11) is 0. The highest BCUT2D eigenvalue weighted by atomic mass is 35.5. The predicted octanol–water partition coefficient (Wildman–Crippen LogP) is 0.815. The molecule has 1 aromatic carbocycles. The summed E-state index contributed by atoms with van der Waals surface area (Å²) in [6.07, 6.45) is 0. The highest BCUT2D eigenvalue weighted by Crippen LogP contribution is 2.39. The van der Waals surface area contributed by atoms with Crippen molar-refractivity contribution in [1.29, 1.82) is 0 Å². The summed E-state index contributed by atoms with van der Waals surface area (Å²) < 4.78 is 10.2. The first-order valence-electron chi connectivity index (χ1n) is 4.81. The van der Waals surface area contributed by atoms with Crippen LogP contribution < -0.4 is 15.0 Å². The van der Waals surface area contributed by atoms with Crippen LogP contribution in [-0.4, -0.2) is 30.4 Å². The van der Waals surface area contributed by atoms with E-state index in [1.165, 1.54) is 12.1 Å². The summed E-state index contributed by atoms with van der Waals surface area (Å²) >= 11 is 5.88. The molecule has 7 nitrogen and oxygen atoms in total. The van der Waals surface area contributed by atoms with E-state index in [9.17, 15) is 9.59 Å². The smallest absolute Gasteiger partial charge is 0.332 e. The molecule has 2 rings (SSSR count). The molecule has 2 N–H and O–H groups in total. The summed E-state index contributed by atoms with van der Waals surface area (Å²) in [6.45, 7) is -0.598. The van der Waals surface area contributed by atoms with E-state index in [-0.39, 0.29) is 17.4 Å². The van der Waals surface area contributed by atoms with Gasteiger partial charge in [-0.1, -0.05) is 11.6 Å². The number of hydroxylamine groups is 1. The van der Waals surface area contributed by atoms with Gasteiger partial charge in [0, 0.05) is 5.56 Å². The van der Waals surface area contributed by atoms with Crippen LogP contribution in [-0.2, 0) is 9.63 Å². The monoisotopic (exact) mass is 273 g/mol. The molecule has 0 unspecified atom stereocenters. The van der Waals surface area contributed by atoms with Crippen molar-refractivity contribution in [3.05, 3.63) is 22.7 Å². The Kier molecular flexibility index (Phi) is 3.54. The third kappa shape index (κ3) is 2.63. The molecule has 0 radical (unpaired) electrons. The van der Waals surface area contributed by atoms with E-state index in [1.54, 1.807) is 0 Å². The van der Waals surface area contributed by atoms with Gasteiger partial charge in [0.15, 0.2) is 18.1 Å². The summed E-state index contributed by atoms with van der Waals surface area (Å²) in [5.74, 6) is -1.10. The molecule has 1 aliphatic rings. The number of rotatable bonds is 4. The quantitative estimate of drug-likeness (QED) is 0.789. The van der Waals surface area contributed by atoms with Gasteiger partial charge < -0.3 is 14.6 Å². The minimum atomic E-state index is -1.20. The Morgan fingerprint density at radius 2 is 2.22 bits per heavy atom. The third-order valence-corrected chi connectivity index (χ3v) is 2.33. The number of halogens is 1. The van der Waals surface area contributed by atoms with Gasteiger partial charge in [0.25, 0.3) is 5.91 Å². The molecule has 0 saturated carbocycles. The van der Waals surface area contributed by atoms with Crippen LogP contribution in [0.2, 0.25) is 5.02 Å². The highest BCUT2D eigenvalue weighted by Gasteiger charge is 2.20. The minimum Gasteiger partial charge on any atom is -0.479 e. The van der Waals surface area contributed by atoms with Crippen LogP contribution in [0.3, 0.4) is 0 Å². The molecule has 0 fully saturated rings. The highest BCUT2D eigenvalue weighted by molar-refractivity contribution is 6.32. The summed E-state index contributed by atoms with van der Waals surface area (Å²) in [5, 5.41) is 8.56. The number of fused-ring (bicyclic) bond motifs is 1. The lowest BCUT2D eigenvalue weighted by atomic mass is 10.2. The van der Waals surface area contributed by atoms with E-state index in [0.29, 0.717) is 11.5 Å². The molecule has 0 atom stereocenters. The van der Waals surface area contributed by atoms with E-state index < -0.39 is 18.5 Å². The van der Waals surface area contributed by atoms with Crippen LogP contribution in [0.5, 0.6) is 11.5 Å². The zero-order valence-electron chi connectivity index (χ0n) is 8.94. The Morgan fingerprint density at radius 3 is 2.94 bits per heavy atom. The Balaban J connectivity index is 2.07. The molecule has 18 heavy (non-hydrogen) atoms. The number of amides is 1. The fraction of sp³-hybridized carbons (Fsp3) is 0.200. The number of carbonyl (C=O) groups is 2. The van der Waals surface area contributed by atoms with Crippen molar-refractivity contribution in [2.45, 2.75) is 0 Å². The number of aliphatic carboxylic acids is 1. The van der Waals surface area contributed by atoms with E-state index in [2.05, 4.69) is 4.84 Å². The number of carbonyl (C=O) groups excluding carboxylic acids is 1. The molecule has 96 valence electrons. The molecular formula is C10H8ClNO6. The van der Waals surface area contributed by atoms with Crippen LogP contribution in [0, 0.1) is 0 Å². The van der Waals surface area contributed by atoms with Crippen LogP contribution in [0.4, 0.5) is 0 Å². The van der Waals surface area contributed by atoms with Gasteiger partial charge in [-0.15, -0.1) is 0 Å². The summed E-state index contributed by atoms with van der Waals surface area (Å²) in [4.78, 5) is 26.2. The molecule has 0 spiro atoms.